The number of nitrogens with zero attached hydrogens (tertiary/aromatic N) is 2. The molecule has 2 heterocycles. The first-order valence-electron chi connectivity index (χ1n) is 6.30. The van der Waals surface area contributed by atoms with Crippen molar-refractivity contribution in [2.75, 3.05) is 52.9 Å². The molecule has 1 N–H and O–H groups in total. The summed E-state index contributed by atoms with van der Waals surface area (Å²) in [4.78, 5) is 5.10. The maximum absolute atomic E-state index is 3.42. The maximum Gasteiger partial charge on any atom is 0.0108 e. The number of hydrogen-bond acceptors (Lipinski definition) is 3. The first kappa shape index (κ1) is 11.4. The van der Waals surface area contributed by atoms with Gasteiger partial charge in [0.25, 0.3) is 0 Å². The number of piperazine rings is 1. The predicted molar refractivity (Wildman–Crippen MR) is 64.1 cm³/mol. The molecule has 0 radical (unpaired) electrons. The Morgan fingerprint density at radius 2 is 1.67 bits per heavy atom. The third kappa shape index (κ3) is 3.16. The molecule has 2 aliphatic heterocycles. The maximum atomic E-state index is 3.42. The van der Waals surface area contributed by atoms with Crippen molar-refractivity contribution in [2.24, 2.45) is 5.41 Å². The quantitative estimate of drug-likeness (QED) is 0.722. The van der Waals surface area contributed by atoms with Crippen molar-refractivity contribution >= 4 is 0 Å². The molecule has 0 saturated carbocycles. The van der Waals surface area contributed by atoms with Crippen LogP contribution in [0.15, 0.2) is 0 Å². The number of nitrogens with one attached hydrogen (secondary N) is 1. The molecule has 0 amide bonds. The molecule has 2 saturated heterocycles. The van der Waals surface area contributed by atoms with Gasteiger partial charge in [0.05, 0.1) is 0 Å². The Labute approximate surface area is 93.8 Å². The van der Waals surface area contributed by atoms with Crippen molar-refractivity contribution in [3.8, 4) is 0 Å². The SMILES string of the molecule is CN1CCC(C)(CN2CCNCC2)CC1. The van der Waals surface area contributed by atoms with Crippen molar-refractivity contribution in [3.63, 3.8) is 0 Å². The molecule has 0 bridgehead atoms. The van der Waals surface area contributed by atoms with Gasteiger partial charge in [-0.25, -0.2) is 0 Å². The van der Waals surface area contributed by atoms with Crippen molar-refractivity contribution in [3.05, 3.63) is 0 Å². The van der Waals surface area contributed by atoms with Gasteiger partial charge in [-0.2, -0.15) is 0 Å². The highest BCUT2D eigenvalue weighted by molar-refractivity contribution is 4.85. The van der Waals surface area contributed by atoms with Crippen LogP contribution in [0, 0.1) is 5.41 Å². The van der Waals surface area contributed by atoms with Crippen LogP contribution >= 0.6 is 0 Å². The minimum absolute atomic E-state index is 0.573. The molecular formula is C12H25N3. The van der Waals surface area contributed by atoms with Gasteiger partial charge in [0.1, 0.15) is 0 Å². The lowest BCUT2D eigenvalue weighted by molar-refractivity contribution is 0.0806. The van der Waals surface area contributed by atoms with Gasteiger partial charge in [-0.1, -0.05) is 6.92 Å². The Hall–Kier alpha value is -0.120. The van der Waals surface area contributed by atoms with E-state index in [1.54, 1.807) is 0 Å². The van der Waals surface area contributed by atoms with Crippen LogP contribution in [0.2, 0.25) is 0 Å². The molecule has 0 atom stereocenters. The van der Waals surface area contributed by atoms with E-state index in [-0.39, 0.29) is 0 Å². The third-order valence-corrected chi connectivity index (χ3v) is 4.01. The smallest absolute Gasteiger partial charge is 0.0108 e. The minimum atomic E-state index is 0.573. The van der Waals surface area contributed by atoms with Crippen molar-refractivity contribution < 1.29 is 0 Å². The summed E-state index contributed by atoms with van der Waals surface area (Å²) in [6.45, 7) is 11.2. The molecular weight excluding hydrogens is 186 g/mol. The molecule has 2 rings (SSSR count). The highest BCUT2D eigenvalue weighted by Crippen LogP contribution is 2.31. The summed E-state index contributed by atoms with van der Waals surface area (Å²) in [5.74, 6) is 0. The topological polar surface area (TPSA) is 18.5 Å². The summed E-state index contributed by atoms with van der Waals surface area (Å²) >= 11 is 0. The Morgan fingerprint density at radius 3 is 2.27 bits per heavy atom. The van der Waals surface area contributed by atoms with Gasteiger partial charge in [0.15, 0.2) is 0 Å². The standard InChI is InChI=1S/C12H25N3/c1-12(3-7-14(2)8-4-12)11-15-9-5-13-6-10-15/h13H,3-11H2,1-2H3. The minimum Gasteiger partial charge on any atom is -0.314 e. The summed E-state index contributed by atoms with van der Waals surface area (Å²) in [6.07, 6.45) is 2.74. The lowest BCUT2D eigenvalue weighted by Crippen LogP contribution is -2.49. The van der Waals surface area contributed by atoms with Crippen molar-refractivity contribution in [2.45, 2.75) is 19.8 Å². The summed E-state index contributed by atoms with van der Waals surface area (Å²) in [6, 6.07) is 0. The average Bonchev–Trinajstić information content (AvgIpc) is 2.24. The summed E-state index contributed by atoms with van der Waals surface area (Å²) in [5, 5.41) is 3.42. The second kappa shape index (κ2) is 4.81. The van der Waals surface area contributed by atoms with Crippen LogP contribution in [0.3, 0.4) is 0 Å². The fraction of sp³-hybridized carbons (Fsp3) is 1.00. The molecule has 88 valence electrons. The molecule has 0 spiro atoms. The fourth-order valence-corrected chi connectivity index (χ4v) is 2.73. The van der Waals surface area contributed by atoms with E-state index in [4.69, 9.17) is 0 Å². The summed E-state index contributed by atoms with van der Waals surface area (Å²) < 4.78 is 0. The second-order valence-corrected chi connectivity index (χ2v) is 5.64. The van der Waals surface area contributed by atoms with Crippen LogP contribution in [0.5, 0.6) is 0 Å². The molecule has 0 aliphatic carbocycles. The molecule has 0 aromatic heterocycles. The van der Waals surface area contributed by atoms with E-state index < -0.39 is 0 Å². The monoisotopic (exact) mass is 211 g/mol. The fourth-order valence-electron chi connectivity index (χ4n) is 2.73. The summed E-state index contributed by atoms with van der Waals surface area (Å²) in [5.41, 5.74) is 0.573. The van der Waals surface area contributed by atoms with Gasteiger partial charge >= 0.3 is 0 Å². The molecule has 2 aliphatic rings. The zero-order valence-electron chi connectivity index (χ0n) is 10.3. The zero-order valence-corrected chi connectivity index (χ0v) is 10.3. The van der Waals surface area contributed by atoms with E-state index in [0.717, 1.165) is 0 Å². The van der Waals surface area contributed by atoms with E-state index in [0.29, 0.717) is 5.41 Å². The lowest BCUT2D eigenvalue weighted by Gasteiger charge is -2.42. The number of piperidine rings is 1. The molecule has 0 unspecified atom stereocenters. The van der Waals surface area contributed by atoms with Crippen LogP contribution in [0.4, 0.5) is 0 Å². The van der Waals surface area contributed by atoms with Gasteiger partial charge in [0.2, 0.25) is 0 Å². The van der Waals surface area contributed by atoms with E-state index in [2.05, 4.69) is 29.1 Å². The molecule has 2 fully saturated rings. The van der Waals surface area contributed by atoms with Crippen LogP contribution < -0.4 is 5.32 Å². The Kier molecular flexibility index (Phi) is 3.65. The highest BCUT2D eigenvalue weighted by Gasteiger charge is 2.30. The largest absolute Gasteiger partial charge is 0.314 e. The average molecular weight is 211 g/mol. The van der Waals surface area contributed by atoms with Gasteiger partial charge in [-0.05, 0) is 38.4 Å². The van der Waals surface area contributed by atoms with Crippen LogP contribution in [0.25, 0.3) is 0 Å². The molecule has 3 nitrogen and oxygen atoms in total. The molecule has 0 aromatic carbocycles. The first-order valence-corrected chi connectivity index (χ1v) is 6.30. The van der Waals surface area contributed by atoms with Crippen molar-refractivity contribution in [1.29, 1.82) is 0 Å². The predicted octanol–water partition coefficient (Wildman–Crippen LogP) is 0.624. The Balaban J connectivity index is 1.81. The van der Waals surface area contributed by atoms with E-state index in [1.807, 2.05) is 0 Å². The Morgan fingerprint density at radius 1 is 1.07 bits per heavy atom. The molecule has 3 heteroatoms. The van der Waals surface area contributed by atoms with Gasteiger partial charge in [0, 0.05) is 32.7 Å². The molecule has 0 aromatic rings. The van der Waals surface area contributed by atoms with Crippen molar-refractivity contribution in [1.82, 2.24) is 15.1 Å². The van der Waals surface area contributed by atoms with Gasteiger partial charge in [-0.15, -0.1) is 0 Å². The lowest BCUT2D eigenvalue weighted by atomic mass is 9.80. The zero-order chi connectivity index (χ0) is 10.7. The normalized spacial score (nSPS) is 29.2. The second-order valence-electron chi connectivity index (χ2n) is 5.64. The van der Waals surface area contributed by atoms with E-state index in [1.165, 1.54) is 58.7 Å². The van der Waals surface area contributed by atoms with Crippen LogP contribution in [-0.2, 0) is 0 Å². The highest BCUT2D eigenvalue weighted by atomic mass is 15.2. The van der Waals surface area contributed by atoms with E-state index >= 15 is 0 Å². The van der Waals surface area contributed by atoms with E-state index in [9.17, 15) is 0 Å². The number of rotatable bonds is 2. The first-order chi connectivity index (χ1) is 7.18. The van der Waals surface area contributed by atoms with Gasteiger partial charge < -0.3 is 15.1 Å². The van der Waals surface area contributed by atoms with Crippen LogP contribution in [0.1, 0.15) is 19.8 Å². The molecule has 15 heavy (non-hydrogen) atoms. The van der Waals surface area contributed by atoms with Gasteiger partial charge in [-0.3, -0.25) is 0 Å². The van der Waals surface area contributed by atoms with Crippen LogP contribution in [-0.4, -0.2) is 62.7 Å². The Bertz CT molecular complexity index is 191. The number of hydrogen-bond donors (Lipinski definition) is 1. The number of likely N-dealkylation sites (tertiary alicyclic amines) is 1. The third-order valence-electron chi connectivity index (χ3n) is 4.01. The summed E-state index contributed by atoms with van der Waals surface area (Å²) in [7, 11) is 2.24.